The average molecular weight is 593 g/mol. The molecular weight excluding hydrogens is 569 g/mol. The highest BCUT2D eigenvalue weighted by atomic mass is 32.1. The molecule has 8 rings (SSSR count). The summed E-state index contributed by atoms with van der Waals surface area (Å²) in [6.45, 7) is 8.21. The molecule has 0 saturated heterocycles. The van der Waals surface area contributed by atoms with E-state index < -0.39 is 0 Å². The van der Waals surface area contributed by atoms with Crippen molar-refractivity contribution in [2.75, 3.05) is 0 Å². The normalized spacial score (nSPS) is 11.1. The first-order chi connectivity index (χ1) is 22.3. The first kappa shape index (κ1) is 26.7. The molecule has 5 heteroatoms. The number of fused-ring (bicyclic) bond motifs is 3. The molecule has 0 aliphatic heterocycles. The van der Waals surface area contributed by atoms with Crippen molar-refractivity contribution in [2.45, 2.75) is 0 Å². The Balaban J connectivity index is 1.36. The quantitative estimate of drug-likeness (QED) is 0.187. The van der Waals surface area contributed by atoms with Crippen molar-refractivity contribution in [1.82, 2.24) is 15.0 Å². The molecule has 5 aromatic carbocycles. The van der Waals surface area contributed by atoms with Gasteiger partial charge in [-0.05, 0) is 23.8 Å². The molecule has 0 aliphatic carbocycles. The van der Waals surface area contributed by atoms with Crippen LogP contribution in [0.3, 0.4) is 0 Å². The summed E-state index contributed by atoms with van der Waals surface area (Å²) in [6, 6.07) is 49.1. The maximum Gasteiger partial charge on any atom is 0.250 e. The number of pyridine rings is 1. The Hall–Kier alpha value is -5.96. The van der Waals surface area contributed by atoms with Gasteiger partial charge >= 0.3 is 0 Å². The van der Waals surface area contributed by atoms with Crippen LogP contribution in [-0.2, 0) is 0 Å². The van der Waals surface area contributed by atoms with E-state index >= 15 is 0 Å². The zero-order valence-corrected chi connectivity index (χ0v) is 24.9. The summed E-state index contributed by atoms with van der Waals surface area (Å²) in [5, 5.41) is 2.75. The van der Waals surface area contributed by atoms with Gasteiger partial charge in [-0.2, -0.15) is 11.3 Å². The summed E-state index contributed by atoms with van der Waals surface area (Å²) in [4.78, 5) is 19.1. The lowest BCUT2D eigenvalue weighted by atomic mass is 9.96. The van der Waals surface area contributed by atoms with E-state index in [1.165, 1.54) is 11.3 Å². The van der Waals surface area contributed by atoms with Crippen LogP contribution in [-0.4, -0.2) is 15.0 Å². The molecule has 0 radical (unpaired) electrons. The van der Waals surface area contributed by atoms with Crippen LogP contribution in [0.1, 0.15) is 0 Å². The molecule has 0 bridgehead atoms. The van der Waals surface area contributed by atoms with Gasteiger partial charge in [-0.3, -0.25) is 0 Å². The second-order valence-corrected chi connectivity index (χ2v) is 11.7. The fourth-order valence-corrected chi connectivity index (χ4v) is 6.97. The number of rotatable bonds is 5. The molecule has 0 saturated carbocycles. The molecule has 3 aromatic heterocycles. The molecule has 4 nitrogen and oxygen atoms in total. The van der Waals surface area contributed by atoms with Crippen LogP contribution in [0.4, 0.5) is 5.00 Å². The van der Waals surface area contributed by atoms with Gasteiger partial charge in [-0.15, -0.1) is 0 Å². The molecule has 210 valence electrons. The molecule has 0 fully saturated rings. The third-order valence-corrected chi connectivity index (χ3v) is 9.02. The zero-order valence-electron chi connectivity index (χ0n) is 24.1. The molecule has 0 atom stereocenters. The van der Waals surface area contributed by atoms with Crippen LogP contribution < -0.4 is 0 Å². The van der Waals surface area contributed by atoms with Crippen molar-refractivity contribution in [2.24, 2.45) is 0 Å². The average Bonchev–Trinajstić information content (AvgIpc) is 3.52. The van der Waals surface area contributed by atoms with Crippen molar-refractivity contribution in [1.29, 1.82) is 0 Å². The second kappa shape index (κ2) is 11.3. The Morgan fingerprint density at radius 3 is 1.80 bits per heavy atom. The molecule has 0 aliphatic rings. The predicted octanol–water partition coefficient (Wildman–Crippen LogP) is 11.1. The van der Waals surface area contributed by atoms with E-state index in [1.807, 2.05) is 84.9 Å². The summed E-state index contributed by atoms with van der Waals surface area (Å²) in [5.74, 6) is 0.671. The maximum atomic E-state index is 8.21. The summed E-state index contributed by atoms with van der Waals surface area (Å²) < 4.78 is 1.02. The summed E-state index contributed by atoms with van der Waals surface area (Å²) in [7, 11) is 0. The van der Waals surface area contributed by atoms with E-state index in [-0.39, 0.29) is 0 Å². The van der Waals surface area contributed by atoms with Gasteiger partial charge in [0.1, 0.15) is 0 Å². The summed E-state index contributed by atoms with van der Waals surface area (Å²) in [5.41, 5.74) is 9.38. The second-order valence-electron chi connectivity index (χ2n) is 10.7. The minimum Gasteiger partial charge on any atom is -0.246 e. The number of hydrogen-bond acceptors (Lipinski definition) is 4. The zero-order chi connectivity index (χ0) is 30.2. The summed E-state index contributed by atoms with van der Waals surface area (Å²) in [6.07, 6.45) is 0. The first-order valence-electron chi connectivity index (χ1n) is 14.7. The standard InChI is InChI=1S/C40H24N4S/c1-41-40-35(36-31-22-11-12-23-32(31)42-37(38(36)45-40)27-16-7-3-8-17-27)30-21-13-20-29(24-30)34-25-33(26-14-5-2-6-15-26)43-39(44-34)28-18-9-4-10-19-28/h2-25H. The molecular formula is C40H24N4S. The number of benzene rings is 5. The number of nitrogens with zero attached hydrogens (tertiary/aromatic N) is 4. The minimum atomic E-state index is 0.648. The summed E-state index contributed by atoms with van der Waals surface area (Å²) >= 11 is 1.51. The van der Waals surface area contributed by atoms with Gasteiger partial charge in [0, 0.05) is 43.3 Å². The van der Waals surface area contributed by atoms with Crippen molar-refractivity contribution in [3.05, 3.63) is 157 Å². The van der Waals surface area contributed by atoms with Gasteiger partial charge < -0.3 is 0 Å². The number of thiophene rings is 1. The minimum absolute atomic E-state index is 0.648. The van der Waals surface area contributed by atoms with Gasteiger partial charge in [-0.1, -0.05) is 127 Å². The molecule has 3 heterocycles. The Kier molecular flexibility index (Phi) is 6.68. The van der Waals surface area contributed by atoms with E-state index in [0.29, 0.717) is 10.8 Å². The third-order valence-electron chi connectivity index (χ3n) is 7.93. The number of para-hydroxylation sites is 1. The molecule has 0 spiro atoms. The lowest BCUT2D eigenvalue weighted by molar-refractivity contribution is 1.18. The number of hydrogen-bond donors (Lipinski definition) is 0. The fourth-order valence-electron chi connectivity index (χ4n) is 5.84. The van der Waals surface area contributed by atoms with Crippen molar-refractivity contribution in [3.8, 4) is 56.3 Å². The molecule has 0 unspecified atom stereocenters. The van der Waals surface area contributed by atoms with Gasteiger partial charge in [0.15, 0.2) is 5.82 Å². The smallest absolute Gasteiger partial charge is 0.246 e. The SMILES string of the molecule is [C-]#[N+]c1sc2c(-c3ccccc3)nc3ccccc3c2c1-c1cccc(-c2cc(-c3ccccc3)nc(-c3ccccc3)n2)c1. The Morgan fingerprint density at radius 1 is 0.511 bits per heavy atom. The van der Waals surface area contributed by atoms with E-state index in [9.17, 15) is 0 Å². The lowest BCUT2D eigenvalue weighted by Crippen LogP contribution is -1.96. The maximum absolute atomic E-state index is 8.21. The molecule has 0 N–H and O–H groups in total. The van der Waals surface area contributed by atoms with Crippen LogP contribution >= 0.6 is 11.3 Å². The van der Waals surface area contributed by atoms with E-state index in [2.05, 4.69) is 65.5 Å². The first-order valence-corrected chi connectivity index (χ1v) is 15.5. The Bertz CT molecular complexity index is 2320. The topological polar surface area (TPSA) is 43.0 Å². The van der Waals surface area contributed by atoms with Crippen molar-refractivity contribution >= 4 is 37.3 Å². The largest absolute Gasteiger partial charge is 0.250 e. The van der Waals surface area contributed by atoms with Crippen LogP contribution in [0.5, 0.6) is 0 Å². The lowest BCUT2D eigenvalue weighted by Gasteiger charge is -2.12. The Morgan fingerprint density at radius 2 is 1.09 bits per heavy atom. The third kappa shape index (κ3) is 4.84. The fraction of sp³-hybridized carbons (Fsp3) is 0. The van der Waals surface area contributed by atoms with Gasteiger partial charge in [-0.25, -0.2) is 19.8 Å². The highest BCUT2D eigenvalue weighted by Gasteiger charge is 2.21. The van der Waals surface area contributed by atoms with Crippen molar-refractivity contribution < 1.29 is 0 Å². The van der Waals surface area contributed by atoms with Gasteiger partial charge in [0.25, 0.3) is 0 Å². The Labute approximate surface area is 264 Å². The van der Waals surface area contributed by atoms with E-state index in [0.717, 1.165) is 71.5 Å². The molecule has 0 amide bonds. The molecule has 45 heavy (non-hydrogen) atoms. The highest BCUT2D eigenvalue weighted by Crippen LogP contribution is 2.50. The molecule has 8 aromatic rings. The van der Waals surface area contributed by atoms with Crippen LogP contribution in [0.2, 0.25) is 0 Å². The van der Waals surface area contributed by atoms with Crippen LogP contribution in [0, 0.1) is 6.57 Å². The van der Waals surface area contributed by atoms with Crippen molar-refractivity contribution in [3.63, 3.8) is 0 Å². The van der Waals surface area contributed by atoms with Gasteiger partial charge in [0.05, 0.1) is 29.2 Å². The van der Waals surface area contributed by atoms with Crippen LogP contribution in [0.25, 0.3) is 82.1 Å². The van der Waals surface area contributed by atoms with E-state index in [4.69, 9.17) is 21.5 Å². The van der Waals surface area contributed by atoms with Gasteiger partial charge in [0.2, 0.25) is 5.00 Å². The predicted molar refractivity (Wildman–Crippen MR) is 186 cm³/mol. The van der Waals surface area contributed by atoms with E-state index in [1.54, 1.807) is 0 Å². The highest BCUT2D eigenvalue weighted by molar-refractivity contribution is 7.24. The van der Waals surface area contributed by atoms with Crippen LogP contribution in [0.15, 0.2) is 146 Å². The number of aromatic nitrogens is 3. The monoisotopic (exact) mass is 592 g/mol.